The Morgan fingerprint density at radius 3 is 3.00 bits per heavy atom. The molecular weight excluding hydrogens is 229 g/mol. The quantitative estimate of drug-likeness (QED) is 0.863. The van der Waals surface area contributed by atoms with Crippen LogP contribution in [0.5, 0.6) is 0 Å². The molecular formula is C11H10FNO2S. The maximum Gasteiger partial charge on any atom is 0.356 e. The molecule has 0 saturated carbocycles. The summed E-state index contributed by atoms with van der Waals surface area (Å²) in [7, 11) is 0. The van der Waals surface area contributed by atoms with Crippen LogP contribution in [0.2, 0.25) is 0 Å². The molecule has 1 N–H and O–H groups in total. The zero-order valence-corrected chi connectivity index (χ0v) is 9.42. The van der Waals surface area contributed by atoms with Gasteiger partial charge >= 0.3 is 5.97 Å². The number of aryl methyl sites for hydroxylation is 1. The summed E-state index contributed by atoms with van der Waals surface area (Å²) in [6.45, 7) is 1.76. The fraction of sp³-hybridized carbons (Fsp3) is 0.273. The van der Waals surface area contributed by atoms with Crippen molar-refractivity contribution in [3.05, 3.63) is 33.8 Å². The van der Waals surface area contributed by atoms with E-state index in [4.69, 9.17) is 5.11 Å². The number of nitrogens with zero attached hydrogens (tertiary/aromatic N) is 1. The van der Waals surface area contributed by atoms with Gasteiger partial charge in [-0.25, -0.2) is 14.2 Å². The molecule has 1 atom stereocenters. The molecule has 0 amide bonds. The molecule has 1 aromatic heterocycles. The summed E-state index contributed by atoms with van der Waals surface area (Å²) < 4.78 is 12.9. The average molecular weight is 239 g/mol. The summed E-state index contributed by atoms with van der Waals surface area (Å²) >= 11 is 1.32. The number of halogens is 1. The molecule has 0 spiro atoms. The summed E-state index contributed by atoms with van der Waals surface area (Å²) in [5, 5.41) is 9.68. The number of hydrogen-bond acceptors (Lipinski definition) is 3. The number of carbonyl (C=O) groups is 1. The van der Waals surface area contributed by atoms with Crippen molar-refractivity contribution in [2.75, 3.05) is 0 Å². The van der Waals surface area contributed by atoms with E-state index >= 15 is 0 Å². The first-order chi connectivity index (χ1) is 7.58. The van der Waals surface area contributed by atoms with E-state index in [0.717, 1.165) is 5.57 Å². The Hall–Kier alpha value is -1.49. The zero-order chi connectivity index (χ0) is 11.7. The number of aromatic carboxylic acids is 1. The second-order valence-corrected chi connectivity index (χ2v) is 4.69. The van der Waals surface area contributed by atoms with Crippen LogP contribution < -0.4 is 0 Å². The van der Waals surface area contributed by atoms with Gasteiger partial charge in [-0.1, -0.05) is 12.2 Å². The number of rotatable bonds is 2. The third-order valence-electron chi connectivity index (χ3n) is 2.25. The molecule has 3 nitrogen and oxygen atoms in total. The van der Waals surface area contributed by atoms with Crippen molar-refractivity contribution in [3.63, 3.8) is 0 Å². The fourth-order valence-electron chi connectivity index (χ4n) is 1.53. The van der Waals surface area contributed by atoms with Crippen LogP contribution in [0, 0.1) is 6.92 Å². The standard InChI is InChI=1S/C11H10FNO2S/c1-6-13-9(11(14)15)10(16-6)7-2-4-8(12)5-3-7/h2-4,8H,5H2,1H3,(H,14,15). The Labute approximate surface area is 95.9 Å². The van der Waals surface area contributed by atoms with Crippen molar-refractivity contribution in [1.29, 1.82) is 0 Å². The second kappa shape index (κ2) is 4.17. The van der Waals surface area contributed by atoms with Gasteiger partial charge in [0.2, 0.25) is 0 Å². The topological polar surface area (TPSA) is 50.2 Å². The minimum atomic E-state index is -1.05. The Morgan fingerprint density at radius 1 is 1.69 bits per heavy atom. The first-order valence-electron chi connectivity index (χ1n) is 4.81. The predicted octanol–water partition coefficient (Wildman–Crippen LogP) is 2.83. The molecule has 0 aliphatic heterocycles. The van der Waals surface area contributed by atoms with E-state index in [1.807, 2.05) is 0 Å². The Bertz CT molecular complexity index is 490. The van der Waals surface area contributed by atoms with Gasteiger partial charge in [-0.05, 0) is 18.6 Å². The fourth-order valence-corrected chi connectivity index (χ4v) is 2.46. The Kier molecular flexibility index (Phi) is 2.87. The number of carboxylic acids is 1. The maximum atomic E-state index is 12.9. The van der Waals surface area contributed by atoms with E-state index in [-0.39, 0.29) is 5.69 Å². The van der Waals surface area contributed by atoms with Crippen LogP contribution in [-0.2, 0) is 0 Å². The van der Waals surface area contributed by atoms with Crippen LogP contribution in [0.15, 0.2) is 18.2 Å². The lowest BCUT2D eigenvalue weighted by Crippen LogP contribution is -2.03. The molecule has 16 heavy (non-hydrogen) atoms. The van der Waals surface area contributed by atoms with Gasteiger partial charge in [0.15, 0.2) is 5.69 Å². The highest BCUT2D eigenvalue weighted by Gasteiger charge is 2.19. The predicted molar refractivity (Wildman–Crippen MR) is 60.4 cm³/mol. The Balaban J connectivity index is 2.41. The van der Waals surface area contributed by atoms with E-state index in [1.54, 1.807) is 19.1 Å². The number of alkyl halides is 1. The van der Waals surface area contributed by atoms with Gasteiger partial charge in [-0.15, -0.1) is 11.3 Å². The maximum absolute atomic E-state index is 12.9. The number of allylic oxidation sites excluding steroid dienone is 4. The number of hydrogen-bond donors (Lipinski definition) is 1. The van der Waals surface area contributed by atoms with Crippen LogP contribution in [0.25, 0.3) is 5.57 Å². The largest absolute Gasteiger partial charge is 0.476 e. The summed E-state index contributed by atoms with van der Waals surface area (Å²) in [6, 6.07) is 0. The molecule has 0 radical (unpaired) electrons. The van der Waals surface area contributed by atoms with Crippen LogP contribution in [0.4, 0.5) is 4.39 Å². The van der Waals surface area contributed by atoms with Crippen molar-refractivity contribution in [3.8, 4) is 0 Å². The number of aromatic nitrogens is 1. The van der Waals surface area contributed by atoms with Gasteiger partial charge < -0.3 is 5.11 Å². The first kappa shape index (κ1) is 11.0. The molecule has 0 saturated heterocycles. The summed E-state index contributed by atoms with van der Waals surface area (Å²) in [5.41, 5.74) is 0.799. The number of carboxylic acid groups (broad SMARTS) is 1. The highest BCUT2D eigenvalue weighted by atomic mass is 32.1. The van der Waals surface area contributed by atoms with E-state index in [0.29, 0.717) is 16.3 Å². The van der Waals surface area contributed by atoms with Crippen molar-refractivity contribution in [2.45, 2.75) is 19.5 Å². The van der Waals surface area contributed by atoms with Crippen molar-refractivity contribution in [1.82, 2.24) is 4.98 Å². The highest BCUT2D eigenvalue weighted by molar-refractivity contribution is 7.13. The van der Waals surface area contributed by atoms with Crippen LogP contribution >= 0.6 is 11.3 Å². The number of thiazole rings is 1. The van der Waals surface area contributed by atoms with Gasteiger partial charge in [0.25, 0.3) is 0 Å². The third-order valence-corrected chi connectivity index (χ3v) is 3.27. The van der Waals surface area contributed by atoms with Gasteiger partial charge in [0, 0.05) is 6.42 Å². The van der Waals surface area contributed by atoms with Crippen LogP contribution in [0.3, 0.4) is 0 Å². The van der Waals surface area contributed by atoms with Gasteiger partial charge in [0.1, 0.15) is 6.17 Å². The monoisotopic (exact) mass is 239 g/mol. The van der Waals surface area contributed by atoms with E-state index in [9.17, 15) is 9.18 Å². The summed E-state index contributed by atoms with van der Waals surface area (Å²) in [4.78, 5) is 15.5. The lowest BCUT2D eigenvalue weighted by molar-refractivity contribution is 0.0691. The average Bonchev–Trinajstić information content (AvgIpc) is 2.61. The van der Waals surface area contributed by atoms with E-state index in [2.05, 4.69) is 4.98 Å². The minimum Gasteiger partial charge on any atom is -0.476 e. The summed E-state index contributed by atoms with van der Waals surface area (Å²) in [5.74, 6) is -1.05. The molecule has 0 aromatic carbocycles. The molecule has 1 heterocycles. The van der Waals surface area contributed by atoms with E-state index < -0.39 is 12.1 Å². The SMILES string of the molecule is Cc1nc(C(=O)O)c(C2=CCC(F)C=C2)s1. The van der Waals surface area contributed by atoms with E-state index in [1.165, 1.54) is 17.4 Å². The minimum absolute atomic E-state index is 0.0516. The normalized spacial score (nSPS) is 19.6. The lowest BCUT2D eigenvalue weighted by Gasteiger charge is -2.08. The third kappa shape index (κ3) is 2.04. The molecule has 1 aliphatic rings. The molecule has 5 heteroatoms. The molecule has 0 bridgehead atoms. The second-order valence-electron chi connectivity index (χ2n) is 3.49. The molecule has 1 unspecified atom stereocenters. The molecule has 0 fully saturated rings. The van der Waals surface area contributed by atoms with Gasteiger partial charge in [-0.3, -0.25) is 0 Å². The molecule has 84 valence electrons. The highest BCUT2D eigenvalue weighted by Crippen LogP contribution is 2.30. The van der Waals surface area contributed by atoms with Crippen LogP contribution in [-0.4, -0.2) is 22.2 Å². The Morgan fingerprint density at radius 2 is 2.44 bits per heavy atom. The first-order valence-corrected chi connectivity index (χ1v) is 5.63. The van der Waals surface area contributed by atoms with Crippen molar-refractivity contribution < 1.29 is 14.3 Å². The molecule has 1 aromatic rings. The zero-order valence-electron chi connectivity index (χ0n) is 8.61. The molecule has 1 aliphatic carbocycles. The summed E-state index contributed by atoms with van der Waals surface area (Å²) in [6.07, 6.45) is 4.10. The lowest BCUT2D eigenvalue weighted by atomic mass is 10.0. The smallest absolute Gasteiger partial charge is 0.356 e. The molecule has 2 rings (SSSR count). The van der Waals surface area contributed by atoms with Crippen LogP contribution in [0.1, 0.15) is 26.8 Å². The van der Waals surface area contributed by atoms with Crippen molar-refractivity contribution in [2.24, 2.45) is 0 Å². The van der Waals surface area contributed by atoms with Crippen molar-refractivity contribution >= 4 is 22.9 Å². The van der Waals surface area contributed by atoms with Gasteiger partial charge in [-0.2, -0.15) is 0 Å². The van der Waals surface area contributed by atoms with Gasteiger partial charge in [0.05, 0.1) is 9.88 Å².